The van der Waals surface area contributed by atoms with Gasteiger partial charge in [-0.2, -0.15) is 0 Å². The molecule has 52 valence electrons. The lowest BCUT2D eigenvalue weighted by Gasteiger charge is -2.02. The molecule has 2 N–H and O–H groups in total. The van der Waals surface area contributed by atoms with Crippen molar-refractivity contribution in [3.05, 3.63) is 12.2 Å². The van der Waals surface area contributed by atoms with E-state index in [4.69, 9.17) is 5.73 Å². The van der Waals surface area contributed by atoms with Crippen molar-refractivity contribution in [3.63, 3.8) is 0 Å². The highest BCUT2D eigenvalue weighted by Crippen LogP contribution is 2.45. The van der Waals surface area contributed by atoms with Crippen molar-refractivity contribution >= 4 is 0 Å². The molecule has 9 heavy (non-hydrogen) atoms. The lowest BCUT2D eigenvalue weighted by molar-refractivity contribution is 0.664. The molecule has 1 heteroatoms. The van der Waals surface area contributed by atoms with Gasteiger partial charge in [0.05, 0.1) is 0 Å². The second-order valence-corrected chi connectivity index (χ2v) is 2.88. The van der Waals surface area contributed by atoms with Crippen LogP contribution in [0.15, 0.2) is 12.2 Å². The largest absolute Gasteiger partial charge is 0.330 e. The molecule has 0 aromatic carbocycles. The van der Waals surface area contributed by atoms with Gasteiger partial charge in [0.25, 0.3) is 0 Å². The lowest BCUT2D eigenvalue weighted by atomic mass is 10.1. The van der Waals surface area contributed by atoms with Gasteiger partial charge >= 0.3 is 0 Å². The Kier molecular flexibility index (Phi) is 1.91. The zero-order chi connectivity index (χ0) is 6.74. The molecule has 0 amide bonds. The van der Waals surface area contributed by atoms with E-state index in [-0.39, 0.29) is 0 Å². The summed E-state index contributed by atoms with van der Waals surface area (Å²) in [7, 11) is 0. The predicted molar refractivity (Wildman–Crippen MR) is 40.2 cm³/mol. The highest BCUT2D eigenvalue weighted by molar-refractivity contribution is 5.09. The van der Waals surface area contributed by atoms with E-state index < -0.39 is 0 Å². The van der Waals surface area contributed by atoms with Gasteiger partial charge in [0.15, 0.2) is 0 Å². The minimum absolute atomic E-state index is 0.440. The molecule has 0 aliphatic heterocycles. The van der Waals surface area contributed by atoms with Crippen LogP contribution in [0.1, 0.15) is 26.2 Å². The van der Waals surface area contributed by atoms with Gasteiger partial charge in [-0.15, -0.1) is 0 Å². The molecule has 0 saturated heterocycles. The Hall–Kier alpha value is -0.300. The van der Waals surface area contributed by atoms with Crippen molar-refractivity contribution in [2.75, 3.05) is 6.54 Å². The average molecular weight is 125 g/mol. The number of rotatable bonds is 3. The van der Waals surface area contributed by atoms with Crippen LogP contribution in [-0.2, 0) is 0 Å². The molecule has 0 heterocycles. The number of allylic oxidation sites excluding steroid dienone is 1. The first kappa shape index (κ1) is 6.81. The third kappa shape index (κ3) is 1.55. The van der Waals surface area contributed by atoms with Gasteiger partial charge in [-0.3, -0.25) is 0 Å². The molecule has 1 fully saturated rings. The summed E-state index contributed by atoms with van der Waals surface area (Å²) in [5.74, 6) is 0. The van der Waals surface area contributed by atoms with E-state index >= 15 is 0 Å². The summed E-state index contributed by atoms with van der Waals surface area (Å²) in [6, 6.07) is 0. The highest BCUT2D eigenvalue weighted by Gasteiger charge is 2.37. The predicted octanol–water partition coefficient (Wildman–Crippen LogP) is 1.69. The molecular weight excluding hydrogens is 110 g/mol. The highest BCUT2D eigenvalue weighted by atomic mass is 14.6. The summed E-state index contributed by atoms with van der Waals surface area (Å²) in [6.45, 7) is 2.99. The number of hydrogen-bond acceptors (Lipinski definition) is 1. The van der Waals surface area contributed by atoms with Crippen molar-refractivity contribution in [2.45, 2.75) is 26.2 Å². The van der Waals surface area contributed by atoms with E-state index in [0.29, 0.717) is 5.41 Å². The maximum Gasteiger partial charge on any atom is 0.00142 e. The van der Waals surface area contributed by atoms with E-state index in [2.05, 4.69) is 19.1 Å². The average Bonchev–Trinajstić information content (AvgIpc) is 2.65. The Morgan fingerprint density at radius 3 is 2.56 bits per heavy atom. The van der Waals surface area contributed by atoms with Gasteiger partial charge in [-0.25, -0.2) is 0 Å². The van der Waals surface area contributed by atoms with Crippen LogP contribution in [0.2, 0.25) is 0 Å². The normalized spacial score (nSPS) is 22.9. The quantitative estimate of drug-likeness (QED) is 0.571. The first-order chi connectivity index (χ1) is 4.33. The first-order valence-electron chi connectivity index (χ1n) is 3.71. The summed E-state index contributed by atoms with van der Waals surface area (Å²) in [6.07, 6.45) is 8.26. The molecule has 0 atom stereocenters. The molecular formula is C8H15N. The molecule has 1 aliphatic carbocycles. The summed E-state index contributed by atoms with van der Waals surface area (Å²) in [5, 5.41) is 0. The van der Waals surface area contributed by atoms with Crippen LogP contribution in [0.5, 0.6) is 0 Å². The molecule has 0 bridgehead atoms. The zero-order valence-corrected chi connectivity index (χ0v) is 6.06. The minimum Gasteiger partial charge on any atom is -0.330 e. The van der Waals surface area contributed by atoms with E-state index in [9.17, 15) is 0 Å². The zero-order valence-electron chi connectivity index (χ0n) is 6.06. The van der Waals surface area contributed by atoms with E-state index in [1.54, 1.807) is 0 Å². The Morgan fingerprint density at radius 1 is 1.56 bits per heavy atom. The minimum atomic E-state index is 0.440. The summed E-state index contributed by atoms with van der Waals surface area (Å²) < 4.78 is 0. The maximum atomic E-state index is 5.56. The molecule has 1 saturated carbocycles. The Morgan fingerprint density at radius 2 is 2.22 bits per heavy atom. The second kappa shape index (κ2) is 2.53. The number of hydrogen-bond donors (Lipinski definition) is 1. The molecule has 1 aliphatic rings. The van der Waals surface area contributed by atoms with Crippen LogP contribution in [0.4, 0.5) is 0 Å². The van der Waals surface area contributed by atoms with Gasteiger partial charge in [-0.1, -0.05) is 19.1 Å². The van der Waals surface area contributed by atoms with Crippen LogP contribution < -0.4 is 5.73 Å². The topological polar surface area (TPSA) is 26.0 Å². The van der Waals surface area contributed by atoms with Crippen molar-refractivity contribution in [1.29, 1.82) is 0 Å². The fourth-order valence-electron chi connectivity index (χ4n) is 0.967. The van der Waals surface area contributed by atoms with Crippen molar-refractivity contribution in [3.8, 4) is 0 Å². The lowest BCUT2D eigenvalue weighted by Crippen LogP contribution is -2.12. The van der Waals surface area contributed by atoms with E-state index in [1.807, 2.05) is 0 Å². The van der Waals surface area contributed by atoms with Crippen LogP contribution in [0.3, 0.4) is 0 Å². The Labute approximate surface area is 56.9 Å². The molecule has 0 spiro atoms. The van der Waals surface area contributed by atoms with Gasteiger partial charge in [-0.05, 0) is 19.3 Å². The summed E-state index contributed by atoms with van der Waals surface area (Å²) >= 11 is 0. The monoisotopic (exact) mass is 125 g/mol. The first-order valence-corrected chi connectivity index (χ1v) is 3.71. The van der Waals surface area contributed by atoms with Gasteiger partial charge < -0.3 is 5.73 Å². The van der Waals surface area contributed by atoms with Gasteiger partial charge in [0, 0.05) is 12.0 Å². The standard InChI is InChI=1S/C8H15N/c1-2-3-4-8(7-9)5-6-8/h3-4H,2,5-7,9H2,1H3/b4-3+. The molecule has 1 nitrogen and oxygen atoms in total. The molecule has 1 rings (SSSR count). The molecule has 0 radical (unpaired) electrons. The van der Waals surface area contributed by atoms with Crippen molar-refractivity contribution < 1.29 is 0 Å². The van der Waals surface area contributed by atoms with E-state index in [1.165, 1.54) is 12.8 Å². The van der Waals surface area contributed by atoms with Gasteiger partial charge in [0.1, 0.15) is 0 Å². The molecule has 0 aromatic rings. The van der Waals surface area contributed by atoms with Crippen LogP contribution in [-0.4, -0.2) is 6.54 Å². The van der Waals surface area contributed by atoms with Gasteiger partial charge in [0.2, 0.25) is 0 Å². The van der Waals surface area contributed by atoms with Crippen molar-refractivity contribution in [1.82, 2.24) is 0 Å². The Balaban J connectivity index is 2.33. The summed E-state index contributed by atoms with van der Waals surface area (Å²) in [5.41, 5.74) is 6.00. The van der Waals surface area contributed by atoms with Crippen molar-refractivity contribution in [2.24, 2.45) is 11.1 Å². The fraction of sp³-hybridized carbons (Fsp3) is 0.750. The second-order valence-electron chi connectivity index (χ2n) is 2.88. The number of nitrogens with two attached hydrogens (primary N) is 1. The third-order valence-corrected chi connectivity index (χ3v) is 2.01. The molecule has 0 aromatic heterocycles. The van der Waals surface area contributed by atoms with Crippen LogP contribution >= 0.6 is 0 Å². The van der Waals surface area contributed by atoms with E-state index in [0.717, 1.165) is 13.0 Å². The van der Waals surface area contributed by atoms with Crippen LogP contribution in [0, 0.1) is 5.41 Å². The molecule has 0 unspecified atom stereocenters. The maximum absolute atomic E-state index is 5.56. The SMILES string of the molecule is CC/C=C/C1(CN)CC1. The van der Waals surface area contributed by atoms with Crippen LogP contribution in [0.25, 0.3) is 0 Å². The third-order valence-electron chi connectivity index (χ3n) is 2.01. The Bertz CT molecular complexity index is 112. The summed E-state index contributed by atoms with van der Waals surface area (Å²) in [4.78, 5) is 0. The smallest absolute Gasteiger partial charge is 0.00142 e. The fourth-order valence-corrected chi connectivity index (χ4v) is 0.967.